The molecule has 0 aliphatic carbocycles. The second-order valence-corrected chi connectivity index (χ2v) is 5.30. The Hall–Kier alpha value is -0.950. The number of aromatic nitrogens is 3. The predicted octanol–water partition coefficient (Wildman–Crippen LogP) is 1.83. The van der Waals surface area contributed by atoms with E-state index >= 15 is 0 Å². The maximum absolute atomic E-state index is 10.7. The monoisotopic (exact) mass is 261 g/mol. The molecular weight excluding hydrogens is 242 g/mol. The number of rotatable bonds is 8. The van der Waals surface area contributed by atoms with Crippen LogP contribution in [0.25, 0.3) is 0 Å². The molecule has 0 unspecified atom stereocenters. The molecule has 98 valence electrons. The summed E-state index contributed by atoms with van der Waals surface area (Å²) in [5.74, 6) is 0.457. The van der Waals surface area contributed by atoms with Gasteiger partial charge in [-0.25, -0.2) is 4.98 Å². The Morgan fingerprint density at radius 1 is 1.24 bits per heavy atom. The molecule has 0 radical (unpaired) electrons. The molecule has 1 rings (SSSR count). The average molecular weight is 261 g/mol. The highest BCUT2D eigenvalue weighted by atomic mass is 32.2. The summed E-state index contributed by atoms with van der Waals surface area (Å²) in [5.41, 5.74) is 0. The zero-order chi connectivity index (χ0) is 12.7. The number of aryl methyl sites for hydroxylation is 1. The van der Waals surface area contributed by atoms with E-state index < -0.39 is 10.3 Å². The SMILES string of the molecule is CCCCCCCCc1ncn(S(=O)(=O)O)n1. The van der Waals surface area contributed by atoms with Crippen LogP contribution < -0.4 is 0 Å². The van der Waals surface area contributed by atoms with Gasteiger partial charge in [-0.1, -0.05) is 39.0 Å². The van der Waals surface area contributed by atoms with Crippen LogP contribution in [0.3, 0.4) is 0 Å². The topological polar surface area (TPSA) is 85.1 Å². The van der Waals surface area contributed by atoms with Crippen molar-refractivity contribution in [2.24, 2.45) is 0 Å². The van der Waals surface area contributed by atoms with E-state index in [1.807, 2.05) is 0 Å². The number of hydrogen-bond donors (Lipinski definition) is 1. The summed E-state index contributed by atoms with van der Waals surface area (Å²) in [6.45, 7) is 2.17. The minimum atomic E-state index is -4.28. The molecule has 0 aliphatic heterocycles. The van der Waals surface area contributed by atoms with Gasteiger partial charge in [-0.05, 0) is 6.42 Å². The highest BCUT2D eigenvalue weighted by Gasteiger charge is 2.10. The van der Waals surface area contributed by atoms with Crippen molar-refractivity contribution >= 4 is 10.3 Å². The summed E-state index contributed by atoms with van der Waals surface area (Å²) in [5, 5.41) is 3.68. The predicted molar refractivity (Wildman–Crippen MR) is 64.0 cm³/mol. The minimum Gasteiger partial charge on any atom is -0.268 e. The molecule has 0 aromatic carbocycles. The zero-order valence-electron chi connectivity index (χ0n) is 10.0. The fourth-order valence-corrected chi connectivity index (χ4v) is 1.93. The lowest BCUT2D eigenvalue weighted by molar-refractivity contribution is 0.465. The molecule has 7 heteroatoms. The summed E-state index contributed by atoms with van der Waals surface area (Å²) < 4.78 is 30.6. The van der Waals surface area contributed by atoms with Crippen molar-refractivity contribution in [3.8, 4) is 0 Å². The molecule has 6 nitrogen and oxygen atoms in total. The molecule has 0 amide bonds. The normalized spacial score (nSPS) is 11.9. The minimum absolute atomic E-state index is 0.457. The molecule has 1 heterocycles. The first-order valence-electron chi connectivity index (χ1n) is 5.92. The maximum Gasteiger partial charge on any atom is 0.380 e. The van der Waals surface area contributed by atoms with Crippen molar-refractivity contribution in [1.82, 2.24) is 14.2 Å². The van der Waals surface area contributed by atoms with Crippen LogP contribution >= 0.6 is 0 Å². The Morgan fingerprint density at radius 2 is 1.88 bits per heavy atom. The second-order valence-electron chi connectivity index (χ2n) is 4.03. The van der Waals surface area contributed by atoms with Crippen molar-refractivity contribution in [3.63, 3.8) is 0 Å². The van der Waals surface area contributed by atoms with Crippen LogP contribution in [0.2, 0.25) is 0 Å². The fourth-order valence-electron chi connectivity index (χ4n) is 1.57. The quantitative estimate of drug-likeness (QED) is 0.570. The highest BCUT2D eigenvalue weighted by Crippen LogP contribution is 2.07. The average Bonchev–Trinajstić information content (AvgIpc) is 2.71. The summed E-state index contributed by atoms with van der Waals surface area (Å²) in [6.07, 6.45) is 8.61. The Labute approximate surface area is 102 Å². The third-order valence-corrected chi connectivity index (χ3v) is 3.16. The van der Waals surface area contributed by atoms with Crippen LogP contribution in [0.15, 0.2) is 6.33 Å². The van der Waals surface area contributed by atoms with Crippen LogP contribution in [-0.4, -0.2) is 27.1 Å². The lowest BCUT2D eigenvalue weighted by Gasteiger charge is -1.98. The van der Waals surface area contributed by atoms with Gasteiger partial charge in [0.1, 0.15) is 6.33 Å². The van der Waals surface area contributed by atoms with Gasteiger partial charge in [-0.15, -0.1) is 9.19 Å². The standard InChI is InChI=1S/C10H19N3O3S/c1-2-3-4-5-6-7-8-10-11-9-13(12-10)17(14,15)16/h9H,2-8H2,1H3,(H,14,15,16). The molecule has 0 bridgehead atoms. The first-order valence-corrected chi connectivity index (χ1v) is 7.32. The first-order chi connectivity index (χ1) is 8.04. The third kappa shape index (κ3) is 5.27. The molecule has 1 N–H and O–H groups in total. The van der Waals surface area contributed by atoms with Gasteiger partial charge >= 0.3 is 10.3 Å². The van der Waals surface area contributed by atoms with Crippen molar-refractivity contribution in [2.75, 3.05) is 0 Å². The van der Waals surface area contributed by atoms with E-state index in [1.54, 1.807) is 0 Å². The van der Waals surface area contributed by atoms with E-state index in [0.29, 0.717) is 16.3 Å². The van der Waals surface area contributed by atoms with Gasteiger partial charge in [0.15, 0.2) is 5.82 Å². The molecule has 1 aromatic heterocycles. The van der Waals surface area contributed by atoms with E-state index in [1.165, 1.54) is 25.7 Å². The molecule has 17 heavy (non-hydrogen) atoms. The Morgan fingerprint density at radius 3 is 2.47 bits per heavy atom. The Balaban J connectivity index is 2.26. The number of unbranched alkanes of at least 4 members (excludes halogenated alkanes) is 5. The largest absolute Gasteiger partial charge is 0.380 e. The molecule has 0 fully saturated rings. The molecule has 0 spiro atoms. The highest BCUT2D eigenvalue weighted by molar-refractivity contribution is 7.84. The summed E-state index contributed by atoms with van der Waals surface area (Å²) in [6, 6.07) is 0. The lowest BCUT2D eigenvalue weighted by atomic mass is 10.1. The van der Waals surface area contributed by atoms with Gasteiger partial charge in [-0.3, -0.25) is 4.55 Å². The summed E-state index contributed by atoms with van der Waals surface area (Å²) in [4.78, 5) is 3.83. The van der Waals surface area contributed by atoms with Crippen LogP contribution in [0.1, 0.15) is 51.3 Å². The van der Waals surface area contributed by atoms with Gasteiger partial charge in [0.05, 0.1) is 0 Å². The van der Waals surface area contributed by atoms with E-state index in [0.717, 1.165) is 19.2 Å². The molecular formula is C10H19N3O3S. The lowest BCUT2D eigenvalue weighted by Crippen LogP contribution is -2.11. The van der Waals surface area contributed by atoms with Crippen LogP contribution in [0.5, 0.6) is 0 Å². The Kier molecular flexibility index (Phi) is 5.57. The number of hydrogen-bond acceptors (Lipinski definition) is 4. The van der Waals surface area contributed by atoms with Crippen molar-refractivity contribution in [1.29, 1.82) is 0 Å². The molecule has 0 atom stereocenters. The van der Waals surface area contributed by atoms with E-state index in [2.05, 4.69) is 17.0 Å². The first kappa shape index (κ1) is 14.1. The Bertz CT molecular complexity index is 428. The second kappa shape index (κ2) is 6.70. The number of nitrogens with zero attached hydrogens (tertiary/aromatic N) is 3. The fraction of sp³-hybridized carbons (Fsp3) is 0.800. The van der Waals surface area contributed by atoms with Gasteiger partial charge in [-0.2, -0.15) is 8.42 Å². The van der Waals surface area contributed by atoms with Gasteiger partial charge < -0.3 is 0 Å². The molecule has 0 saturated carbocycles. The summed E-state index contributed by atoms with van der Waals surface area (Å²) >= 11 is 0. The molecule has 0 saturated heterocycles. The van der Waals surface area contributed by atoms with Gasteiger partial charge in [0.25, 0.3) is 0 Å². The van der Waals surface area contributed by atoms with Crippen molar-refractivity contribution in [3.05, 3.63) is 12.2 Å². The van der Waals surface area contributed by atoms with Gasteiger partial charge in [0, 0.05) is 6.42 Å². The third-order valence-electron chi connectivity index (χ3n) is 2.51. The zero-order valence-corrected chi connectivity index (χ0v) is 10.9. The van der Waals surface area contributed by atoms with Crippen LogP contribution in [-0.2, 0) is 16.7 Å². The van der Waals surface area contributed by atoms with Crippen LogP contribution in [0, 0.1) is 0 Å². The van der Waals surface area contributed by atoms with Crippen molar-refractivity contribution < 1.29 is 13.0 Å². The van der Waals surface area contributed by atoms with Gasteiger partial charge in [0.2, 0.25) is 0 Å². The molecule has 0 aliphatic rings. The van der Waals surface area contributed by atoms with E-state index in [9.17, 15) is 8.42 Å². The molecule has 1 aromatic rings. The maximum atomic E-state index is 10.7. The summed E-state index contributed by atoms with van der Waals surface area (Å²) in [7, 11) is -4.28. The smallest absolute Gasteiger partial charge is 0.268 e. The van der Waals surface area contributed by atoms with E-state index in [-0.39, 0.29) is 0 Å². The van der Waals surface area contributed by atoms with Crippen molar-refractivity contribution in [2.45, 2.75) is 51.9 Å². The van der Waals surface area contributed by atoms with E-state index in [4.69, 9.17) is 4.55 Å². The van der Waals surface area contributed by atoms with Crippen LogP contribution in [0.4, 0.5) is 0 Å².